The summed E-state index contributed by atoms with van der Waals surface area (Å²) in [5, 5.41) is 7.27. The lowest BCUT2D eigenvalue weighted by molar-refractivity contribution is -0.117. The van der Waals surface area contributed by atoms with Crippen LogP contribution in [0, 0.1) is 0 Å². The summed E-state index contributed by atoms with van der Waals surface area (Å²) >= 11 is 3.59. The molecule has 0 saturated carbocycles. The number of hydrogen-bond donors (Lipinski definition) is 1. The zero-order chi connectivity index (χ0) is 16.4. The number of rotatable bonds is 4. The molecule has 1 atom stereocenters. The molecule has 0 bridgehead atoms. The summed E-state index contributed by atoms with van der Waals surface area (Å²) in [6, 6.07) is 16.3. The second-order valence-corrected chi connectivity index (χ2v) is 7.83. The molecule has 3 heterocycles. The number of amides is 1. The van der Waals surface area contributed by atoms with Gasteiger partial charge in [-0.25, -0.2) is 0 Å². The molecule has 4 rings (SSSR count). The van der Waals surface area contributed by atoms with Crippen molar-refractivity contribution in [1.29, 1.82) is 0 Å². The summed E-state index contributed by atoms with van der Waals surface area (Å²) in [4.78, 5) is 17.5. The maximum absolute atomic E-state index is 12.5. The van der Waals surface area contributed by atoms with Crippen molar-refractivity contribution in [3.05, 3.63) is 74.6 Å². The number of carbonyl (C=O) groups excluding carboxylic acids is 1. The molecular weight excluding hydrogens is 336 g/mol. The average Bonchev–Trinajstić information content (AvgIpc) is 3.27. The van der Waals surface area contributed by atoms with Gasteiger partial charge < -0.3 is 5.32 Å². The monoisotopic (exact) mass is 354 g/mol. The molecule has 0 radical (unpaired) electrons. The molecule has 1 N–H and O–H groups in total. The summed E-state index contributed by atoms with van der Waals surface area (Å²) in [7, 11) is 0. The van der Waals surface area contributed by atoms with Crippen LogP contribution in [0.5, 0.6) is 0 Å². The van der Waals surface area contributed by atoms with Gasteiger partial charge in [0.25, 0.3) is 0 Å². The molecule has 0 aliphatic carbocycles. The lowest BCUT2D eigenvalue weighted by Crippen LogP contribution is -2.40. The van der Waals surface area contributed by atoms with E-state index in [2.05, 4.69) is 39.2 Å². The number of nitrogens with zero attached hydrogens (tertiary/aromatic N) is 1. The van der Waals surface area contributed by atoms with E-state index in [1.807, 2.05) is 41.7 Å². The summed E-state index contributed by atoms with van der Waals surface area (Å²) in [6.07, 6.45) is 1.02. The highest BCUT2D eigenvalue weighted by Gasteiger charge is 2.31. The summed E-state index contributed by atoms with van der Waals surface area (Å²) in [5.41, 5.74) is 2.21. The normalized spacial score (nSPS) is 17.4. The van der Waals surface area contributed by atoms with Gasteiger partial charge in [0.1, 0.15) is 0 Å². The van der Waals surface area contributed by atoms with Crippen LogP contribution in [-0.4, -0.2) is 23.9 Å². The third-order valence-electron chi connectivity index (χ3n) is 4.28. The van der Waals surface area contributed by atoms with Crippen LogP contribution in [0.2, 0.25) is 0 Å². The van der Waals surface area contributed by atoms with Crippen LogP contribution in [0.25, 0.3) is 0 Å². The fourth-order valence-corrected chi connectivity index (χ4v) is 5.01. The Bertz CT molecular complexity index is 811. The van der Waals surface area contributed by atoms with E-state index in [1.165, 1.54) is 15.3 Å². The number of hydrogen-bond acceptors (Lipinski definition) is 4. The molecule has 1 aliphatic heterocycles. The molecule has 2 aromatic heterocycles. The number of fused-ring (bicyclic) bond motifs is 1. The van der Waals surface area contributed by atoms with Crippen molar-refractivity contribution in [3.63, 3.8) is 0 Å². The molecule has 1 aliphatic rings. The van der Waals surface area contributed by atoms with Gasteiger partial charge >= 0.3 is 0 Å². The van der Waals surface area contributed by atoms with E-state index in [4.69, 9.17) is 0 Å². The smallest absolute Gasteiger partial charge is 0.238 e. The van der Waals surface area contributed by atoms with Crippen LogP contribution in [0.4, 0.5) is 5.69 Å². The Hall–Kier alpha value is -1.95. The second kappa shape index (κ2) is 6.89. The zero-order valence-corrected chi connectivity index (χ0v) is 14.8. The summed E-state index contributed by atoms with van der Waals surface area (Å²) in [5.74, 6) is 0.0430. The van der Waals surface area contributed by atoms with E-state index in [1.54, 1.807) is 11.3 Å². The van der Waals surface area contributed by atoms with E-state index in [9.17, 15) is 4.79 Å². The van der Waals surface area contributed by atoms with Gasteiger partial charge in [0.15, 0.2) is 0 Å². The van der Waals surface area contributed by atoms with Crippen molar-refractivity contribution in [3.8, 4) is 0 Å². The van der Waals surface area contributed by atoms with E-state index in [0.29, 0.717) is 6.54 Å². The van der Waals surface area contributed by atoms with E-state index in [0.717, 1.165) is 18.7 Å². The summed E-state index contributed by atoms with van der Waals surface area (Å²) < 4.78 is 0. The number of nitrogens with one attached hydrogen (secondary N) is 1. The van der Waals surface area contributed by atoms with Gasteiger partial charge in [-0.3, -0.25) is 9.69 Å². The maximum atomic E-state index is 12.5. The Labute approximate surface area is 149 Å². The Morgan fingerprint density at radius 2 is 1.96 bits per heavy atom. The van der Waals surface area contributed by atoms with Gasteiger partial charge in [-0.2, -0.15) is 0 Å². The Morgan fingerprint density at radius 3 is 2.75 bits per heavy atom. The average molecular weight is 355 g/mol. The summed E-state index contributed by atoms with van der Waals surface area (Å²) in [6.45, 7) is 1.32. The van der Waals surface area contributed by atoms with Crippen LogP contribution in [0.1, 0.15) is 21.4 Å². The van der Waals surface area contributed by atoms with Crippen molar-refractivity contribution in [2.45, 2.75) is 12.5 Å². The molecule has 1 unspecified atom stereocenters. The van der Waals surface area contributed by atoms with Crippen LogP contribution >= 0.6 is 22.7 Å². The van der Waals surface area contributed by atoms with Crippen molar-refractivity contribution in [1.82, 2.24) is 4.90 Å². The van der Waals surface area contributed by atoms with Gasteiger partial charge in [0, 0.05) is 22.0 Å². The highest BCUT2D eigenvalue weighted by atomic mass is 32.1. The minimum atomic E-state index is 0.0430. The minimum Gasteiger partial charge on any atom is -0.325 e. The highest BCUT2D eigenvalue weighted by molar-refractivity contribution is 7.10. The van der Waals surface area contributed by atoms with Crippen LogP contribution < -0.4 is 5.32 Å². The molecule has 3 nitrogen and oxygen atoms in total. The topological polar surface area (TPSA) is 32.3 Å². The van der Waals surface area contributed by atoms with Gasteiger partial charge in [-0.05, 0) is 47.0 Å². The van der Waals surface area contributed by atoms with Gasteiger partial charge in [0.05, 0.1) is 12.6 Å². The SMILES string of the molecule is O=C(CN1CCc2sccc2C1c1cccs1)Nc1ccccc1. The molecule has 0 saturated heterocycles. The van der Waals surface area contributed by atoms with Gasteiger partial charge in [0.2, 0.25) is 5.91 Å². The molecule has 1 amide bonds. The third kappa shape index (κ3) is 3.15. The molecule has 24 heavy (non-hydrogen) atoms. The van der Waals surface area contributed by atoms with E-state index >= 15 is 0 Å². The number of anilines is 1. The molecule has 1 aromatic carbocycles. The van der Waals surface area contributed by atoms with Crippen molar-refractivity contribution in [2.75, 3.05) is 18.4 Å². The van der Waals surface area contributed by atoms with Crippen LogP contribution in [0.3, 0.4) is 0 Å². The number of benzene rings is 1. The van der Waals surface area contributed by atoms with E-state index < -0.39 is 0 Å². The fraction of sp³-hybridized carbons (Fsp3) is 0.211. The minimum absolute atomic E-state index is 0.0430. The molecular formula is C19H18N2OS2. The Morgan fingerprint density at radius 1 is 1.08 bits per heavy atom. The largest absolute Gasteiger partial charge is 0.325 e. The Balaban J connectivity index is 1.54. The van der Waals surface area contributed by atoms with Gasteiger partial charge in [-0.1, -0.05) is 24.3 Å². The zero-order valence-electron chi connectivity index (χ0n) is 13.1. The third-order valence-corrected chi connectivity index (χ3v) is 6.20. The molecule has 5 heteroatoms. The first kappa shape index (κ1) is 15.6. The number of thiophene rings is 2. The Kier molecular flexibility index (Phi) is 4.47. The molecule has 0 fully saturated rings. The second-order valence-electron chi connectivity index (χ2n) is 5.85. The first-order valence-corrected chi connectivity index (χ1v) is 9.76. The first-order valence-electron chi connectivity index (χ1n) is 8.00. The highest BCUT2D eigenvalue weighted by Crippen LogP contribution is 2.39. The van der Waals surface area contributed by atoms with Crippen LogP contribution in [-0.2, 0) is 11.2 Å². The predicted octanol–water partition coefficient (Wildman–Crippen LogP) is 4.40. The molecule has 3 aromatic rings. The molecule has 0 spiro atoms. The van der Waals surface area contributed by atoms with Crippen molar-refractivity contribution < 1.29 is 4.79 Å². The quantitative estimate of drug-likeness (QED) is 0.753. The molecule has 122 valence electrons. The maximum Gasteiger partial charge on any atom is 0.238 e. The lowest BCUT2D eigenvalue weighted by atomic mass is 9.98. The number of carbonyl (C=O) groups is 1. The first-order chi connectivity index (χ1) is 11.8. The standard InChI is InChI=1S/C19H18N2OS2/c22-18(20-14-5-2-1-3-6-14)13-21-10-8-16-15(9-12-24-16)19(21)17-7-4-11-23-17/h1-7,9,11-12,19H,8,10,13H2,(H,20,22). The predicted molar refractivity (Wildman–Crippen MR) is 101 cm³/mol. The van der Waals surface area contributed by atoms with Crippen molar-refractivity contribution in [2.24, 2.45) is 0 Å². The number of para-hydroxylation sites is 1. The van der Waals surface area contributed by atoms with Crippen molar-refractivity contribution >= 4 is 34.3 Å². The van der Waals surface area contributed by atoms with Gasteiger partial charge in [-0.15, -0.1) is 22.7 Å². The fourth-order valence-electron chi connectivity index (χ4n) is 3.23. The van der Waals surface area contributed by atoms with E-state index in [-0.39, 0.29) is 11.9 Å². The van der Waals surface area contributed by atoms with Crippen LogP contribution in [0.15, 0.2) is 59.3 Å². The lowest BCUT2D eigenvalue weighted by Gasteiger charge is -2.34.